The van der Waals surface area contributed by atoms with Crippen molar-refractivity contribution < 1.29 is 9.72 Å². The lowest BCUT2D eigenvalue weighted by molar-refractivity contribution is -0.384. The van der Waals surface area contributed by atoms with Crippen LogP contribution in [0, 0.1) is 10.1 Å². The Morgan fingerprint density at radius 3 is 2.88 bits per heavy atom. The van der Waals surface area contributed by atoms with Crippen LogP contribution >= 0.6 is 0 Å². The summed E-state index contributed by atoms with van der Waals surface area (Å²) in [5.41, 5.74) is 2.89. The summed E-state index contributed by atoms with van der Waals surface area (Å²) in [4.78, 5) is 38.6. The van der Waals surface area contributed by atoms with Gasteiger partial charge in [-0.25, -0.2) is 10.4 Å². The molecule has 0 radical (unpaired) electrons. The van der Waals surface area contributed by atoms with Crippen LogP contribution < -0.4 is 11.0 Å². The van der Waals surface area contributed by atoms with Gasteiger partial charge in [0.1, 0.15) is 6.54 Å². The van der Waals surface area contributed by atoms with Crippen LogP contribution in [0.5, 0.6) is 0 Å². The van der Waals surface area contributed by atoms with E-state index in [0.717, 1.165) is 0 Å². The minimum absolute atomic E-state index is 0.0749. The van der Waals surface area contributed by atoms with Crippen molar-refractivity contribution in [2.24, 2.45) is 5.10 Å². The molecule has 26 heavy (non-hydrogen) atoms. The summed E-state index contributed by atoms with van der Waals surface area (Å²) < 4.78 is 1.18. The van der Waals surface area contributed by atoms with Gasteiger partial charge in [-0.15, -0.1) is 0 Å². The van der Waals surface area contributed by atoms with E-state index in [1.54, 1.807) is 30.3 Å². The third-order valence-electron chi connectivity index (χ3n) is 3.53. The number of rotatable bonds is 5. The van der Waals surface area contributed by atoms with Crippen molar-refractivity contribution in [3.8, 4) is 0 Å². The Morgan fingerprint density at radius 2 is 2.08 bits per heavy atom. The highest BCUT2D eigenvalue weighted by Gasteiger charge is 2.07. The highest BCUT2D eigenvalue weighted by molar-refractivity contribution is 5.83. The van der Waals surface area contributed by atoms with E-state index in [9.17, 15) is 19.7 Å². The zero-order valence-electron chi connectivity index (χ0n) is 13.4. The fourth-order valence-corrected chi connectivity index (χ4v) is 2.31. The lowest BCUT2D eigenvalue weighted by Gasteiger charge is -2.05. The highest BCUT2D eigenvalue weighted by Crippen LogP contribution is 2.11. The molecule has 1 N–H and O–H groups in total. The van der Waals surface area contributed by atoms with Crippen molar-refractivity contribution in [3.05, 3.63) is 80.9 Å². The number of carbonyl (C=O) groups is 1. The van der Waals surface area contributed by atoms with Crippen LogP contribution in [0.15, 0.2) is 64.8 Å². The number of hydrogen-bond acceptors (Lipinski definition) is 6. The molecule has 0 spiro atoms. The molecule has 1 heterocycles. The Balaban J connectivity index is 1.68. The van der Waals surface area contributed by atoms with Crippen molar-refractivity contribution >= 4 is 28.7 Å². The number of non-ortho nitro benzene ring substituents is 1. The van der Waals surface area contributed by atoms with Gasteiger partial charge in [-0.2, -0.15) is 5.10 Å². The summed E-state index contributed by atoms with van der Waals surface area (Å²) in [6, 6.07) is 12.7. The molecular weight excluding hydrogens is 338 g/mol. The van der Waals surface area contributed by atoms with Crippen molar-refractivity contribution in [1.29, 1.82) is 0 Å². The first-order chi connectivity index (χ1) is 12.5. The molecular formula is C17H13N5O4. The van der Waals surface area contributed by atoms with E-state index in [4.69, 9.17) is 0 Å². The molecule has 1 aromatic heterocycles. The second kappa shape index (κ2) is 7.34. The normalized spacial score (nSPS) is 10.9. The number of aromatic nitrogens is 2. The van der Waals surface area contributed by atoms with Gasteiger partial charge in [0.15, 0.2) is 0 Å². The number of hydrogen-bond donors (Lipinski definition) is 1. The zero-order chi connectivity index (χ0) is 18.5. The summed E-state index contributed by atoms with van der Waals surface area (Å²) >= 11 is 0. The molecule has 0 fully saturated rings. The van der Waals surface area contributed by atoms with E-state index in [0.29, 0.717) is 16.5 Å². The number of amides is 1. The lowest BCUT2D eigenvalue weighted by Crippen LogP contribution is -2.30. The van der Waals surface area contributed by atoms with Crippen LogP contribution in [-0.2, 0) is 11.3 Å². The molecule has 1 amide bonds. The minimum Gasteiger partial charge on any atom is -0.289 e. The molecule has 0 bridgehead atoms. The number of nitro groups is 1. The van der Waals surface area contributed by atoms with E-state index in [1.807, 2.05) is 0 Å². The smallest absolute Gasteiger partial charge is 0.270 e. The van der Waals surface area contributed by atoms with Gasteiger partial charge in [0, 0.05) is 17.7 Å². The number of nitrogens with one attached hydrogen (secondary N) is 1. The largest absolute Gasteiger partial charge is 0.289 e. The highest BCUT2D eigenvalue weighted by atomic mass is 16.6. The van der Waals surface area contributed by atoms with E-state index in [1.165, 1.54) is 35.3 Å². The van der Waals surface area contributed by atoms with E-state index >= 15 is 0 Å². The monoisotopic (exact) mass is 351 g/mol. The standard InChI is InChI=1S/C17H13N5O4/c23-16(20-19-9-12-4-3-5-13(8-12)22(25)26)10-21-11-18-15-7-2-1-6-14(15)17(21)24/h1-9,11H,10H2,(H,20,23). The van der Waals surface area contributed by atoms with Crippen molar-refractivity contribution in [3.63, 3.8) is 0 Å². The predicted octanol–water partition coefficient (Wildman–Crippen LogP) is 1.46. The van der Waals surface area contributed by atoms with Gasteiger partial charge < -0.3 is 0 Å². The second-order valence-corrected chi connectivity index (χ2v) is 5.34. The number of fused-ring (bicyclic) bond motifs is 1. The third-order valence-corrected chi connectivity index (χ3v) is 3.53. The van der Waals surface area contributed by atoms with E-state index < -0.39 is 10.8 Å². The van der Waals surface area contributed by atoms with Crippen molar-refractivity contribution in [2.75, 3.05) is 0 Å². The van der Waals surface area contributed by atoms with Gasteiger partial charge in [0.25, 0.3) is 17.2 Å². The molecule has 2 aromatic carbocycles. The average Bonchev–Trinajstić information content (AvgIpc) is 2.64. The first-order valence-electron chi connectivity index (χ1n) is 7.55. The number of nitrogens with zero attached hydrogens (tertiary/aromatic N) is 4. The van der Waals surface area contributed by atoms with Gasteiger partial charge in [-0.3, -0.25) is 24.3 Å². The number of hydrazone groups is 1. The Labute approximate surface area is 146 Å². The lowest BCUT2D eigenvalue weighted by atomic mass is 10.2. The number of benzene rings is 2. The first-order valence-corrected chi connectivity index (χ1v) is 7.55. The molecule has 9 heteroatoms. The van der Waals surface area contributed by atoms with Crippen LogP contribution in [0.1, 0.15) is 5.56 Å². The summed E-state index contributed by atoms with van der Waals surface area (Å²) in [6.45, 7) is -0.247. The van der Waals surface area contributed by atoms with Crippen molar-refractivity contribution in [2.45, 2.75) is 6.54 Å². The molecule has 0 saturated heterocycles. The van der Waals surface area contributed by atoms with Gasteiger partial charge >= 0.3 is 0 Å². The molecule has 0 atom stereocenters. The minimum atomic E-state index is -0.522. The summed E-state index contributed by atoms with van der Waals surface area (Å²) in [5.74, 6) is -0.522. The SMILES string of the molecule is O=C(Cn1cnc2ccccc2c1=O)NN=Cc1cccc([N+](=O)[O-])c1. The number of carbonyl (C=O) groups excluding carboxylic acids is 1. The third kappa shape index (κ3) is 3.78. The molecule has 3 aromatic rings. The van der Waals surface area contributed by atoms with Crippen LogP contribution in [0.25, 0.3) is 10.9 Å². The fraction of sp³-hybridized carbons (Fsp3) is 0.0588. The molecule has 3 rings (SSSR count). The Hall–Kier alpha value is -3.88. The molecule has 0 aliphatic heterocycles. The summed E-state index contributed by atoms with van der Waals surface area (Å²) in [7, 11) is 0. The molecule has 0 saturated carbocycles. The van der Waals surface area contributed by atoms with Gasteiger partial charge in [0.05, 0.1) is 28.4 Å². The Bertz CT molecular complexity index is 1070. The Kier molecular flexibility index (Phi) is 4.79. The molecule has 130 valence electrons. The van der Waals surface area contributed by atoms with Gasteiger partial charge in [-0.1, -0.05) is 24.3 Å². The van der Waals surface area contributed by atoms with Crippen LogP contribution in [0.2, 0.25) is 0 Å². The maximum absolute atomic E-state index is 12.3. The second-order valence-electron chi connectivity index (χ2n) is 5.34. The summed E-state index contributed by atoms with van der Waals surface area (Å²) in [5, 5.41) is 14.9. The Morgan fingerprint density at radius 1 is 1.27 bits per heavy atom. The topological polar surface area (TPSA) is 119 Å². The molecule has 0 aliphatic carbocycles. The summed E-state index contributed by atoms with van der Waals surface area (Å²) in [6.07, 6.45) is 2.58. The first kappa shape index (κ1) is 17.0. The van der Waals surface area contributed by atoms with Gasteiger partial charge in [0.2, 0.25) is 0 Å². The van der Waals surface area contributed by atoms with E-state index in [-0.39, 0.29) is 17.8 Å². The van der Waals surface area contributed by atoms with Crippen LogP contribution in [-0.4, -0.2) is 26.6 Å². The molecule has 0 unspecified atom stereocenters. The van der Waals surface area contributed by atoms with E-state index in [2.05, 4.69) is 15.5 Å². The van der Waals surface area contributed by atoms with Crippen molar-refractivity contribution in [1.82, 2.24) is 15.0 Å². The van der Waals surface area contributed by atoms with Gasteiger partial charge in [-0.05, 0) is 12.1 Å². The fourth-order valence-electron chi connectivity index (χ4n) is 2.31. The van der Waals surface area contributed by atoms with Crippen LogP contribution in [0.3, 0.4) is 0 Å². The number of para-hydroxylation sites is 1. The number of nitro benzene ring substituents is 1. The van der Waals surface area contributed by atoms with Crippen LogP contribution in [0.4, 0.5) is 5.69 Å². The average molecular weight is 351 g/mol. The molecule has 9 nitrogen and oxygen atoms in total. The zero-order valence-corrected chi connectivity index (χ0v) is 13.4. The molecule has 0 aliphatic rings. The predicted molar refractivity (Wildman–Crippen MR) is 94.8 cm³/mol. The maximum Gasteiger partial charge on any atom is 0.270 e. The quantitative estimate of drug-likeness (QED) is 0.424. The maximum atomic E-state index is 12.3.